The van der Waals surface area contributed by atoms with Crippen LogP contribution in [0.5, 0.6) is 0 Å². The summed E-state index contributed by atoms with van der Waals surface area (Å²) in [4.78, 5) is 0. The molecule has 0 heterocycles. The van der Waals surface area contributed by atoms with Crippen LogP contribution in [-0.4, -0.2) is 8.32 Å². The molecule has 0 aliphatic heterocycles. The first-order chi connectivity index (χ1) is 9.56. The second-order valence-electron chi connectivity index (χ2n) is 7.62. The molecular formula is C17H24FNOSi. The van der Waals surface area contributed by atoms with Gasteiger partial charge in [-0.15, -0.1) is 0 Å². The molecule has 1 aromatic carbocycles. The van der Waals surface area contributed by atoms with Crippen molar-refractivity contribution in [1.29, 1.82) is 5.26 Å². The number of nitriles is 1. The van der Waals surface area contributed by atoms with Crippen LogP contribution in [0.25, 0.3) is 0 Å². The first-order valence-electron chi connectivity index (χ1n) is 7.47. The van der Waals surface area contributed by atoms with Crippen molar-refractivity contribution in [2.45, 2.75) is 58.4 Å². The molecule has 2 unspecified atom stereocenters. The molecule has 1 aliphatic carbocycles. The molecular weight excluding hydrogens is 281 g/mol. The largest absolute Gasteiger partial charge is 0.410 e. The van der Waals surface area contributed by atoms with Crippen molar-refractivity contribution in [3.05, 3.63) is 34.6 Å². The van der Waals surface area contributed by atoms with Gasteiger partial charge in [-0.3, -0.25) is 0 Å². The average Bonchev–Trinajstić information content (AvgIpc) is 2.65. The van der Waals surface area contributed by atoms with E-state index in [9.17, 15) is 4.39 Å². The van der Waals surface area contributed by atoms with Gasteiger partial charge in [-0.1, -0.05) is 27.7 Å². The van der Waals surface area contributed by atoms with Crippen LogP contribution in [0, 0.1) is 23.1 Å². The van der Waals surface area contributed by atoms with Crippen molar-refractivity contribution < 1.29 is 8.82 Å². The lowest BCUT2D eigenvalue weighted by Gasteiger charge is -2.39. The lowest BCUT2D eigenvalue weighted by atomic mass is 10.0. The van der Waals surface area contributed by atoms with E-state index in [1.54, 1.807) is 6.07 Å². The average molecular weight is 305 g/mol. The van der Waals surface area contributed by atoms with Crippen LogP contribution in [0.4, 0.5) is 4.39 Å². The summed E-state index contributed by atoms with van der Waals surface area (Å²) in [6.45, 7) is 13.1. The topological polar surface area (TPSA) is 33.0 Å². The van der Waals surface area contributed by atoms with Crippen molar-refractivity contribution in [1.82, 2.24) is 0 Å². The van der Waals surface area contributed by atoms with Crippen LogP contribution in [-0.2, 0) is 10.8 Å². The standard InChI is InChI=1S/C17H24FNOSi/c1-11-7-13-14(8-12(10-19)9-15(13)18)16(11)20-21(5,6)17(2,3)4/h8-9,11,16H,7H2,1-6H3. The summed E-state index contributed by atoms with van der Waals surface area (Å²) in [5.41, 5.74) is 1.98. The fourth-order valence-electron chi connectivity index (χ4n) is 2.60. The van der Waals surface area contributed by atoms with E-state index < -0.39 is 8.32 Å². The molecule has 0 bridgehead atoms. The fraction of sp³-hybridized carbons (Fsp3) is 0.588. The third-order valence-corrected chi connectivity index (χ3v) is 9.39. The van der Waals surface area contributed by atoms with Gasteiger partial charge in [0.15, 0.2) is 8.32 Å². The molecule has 2 atom stereocenters. The summed E-state index contributed by atoms with van der Waals surface area (Å²) in [7, 11) is -1.93. The molecule has 21 heavy (non-hydrogen) atoms. The molecule has 114 valence electrons. The van der Waals surface area contributed by atoms with E-state index >= 15 is 0 Å². The Bertz CT molecular complexity index is 598. The van der Waals surface area contributed by atoms with E-state index in [1.807, 2.05) is 6.07 Å². The summed E-state index contributed by atoms with van der Waals surface area (Å²) in [6.07, 6.45) is 0.593. The normalized spacial score (nSPS) is 22.0. The van der Waals surface area contributed by atoms with Crippen LogP contribution >= 0.6 is 0 Å². The van der Waals surface area contributed by atoms with Crippen LogP contribution < -0.4 is 0 Å². The third kappa shape index (κ3) is 2.90. The summed E-state index contributed by atoms with van der Waals surface area (Å²) >= 11 is 0. The Kier molecular flexibility index (Phi) is 4.03. The molecule has 2 rings (SSSR count). The van der Waals surface area contributed by atoms with Gasteiger partial charge < -0.3 is 4.43 Å². The highest BCUT2D eigenvalue weighted by molar-refractivity contribution is 6.74. The molecule has 2 nitrogen and oxygen atoms in total. The maximum atomic E-state index is 14.2. The predicted molar refractivity (Wildman–Crippen MR) is 85.0 cm³/mol. The smallest absolute Gasteiger partial charge is 0.192 e. The lowest BCUT2D eigenvalue weighted by Crippen LogP contribution is -2.42. The number of fused-ring (bicyclic) bond motifs is 1. The van der Waals surface area contributed by atoms with Gasteiger partial charge in [-0.25, -0.2) is 4.39 Å². The Hall–Kier alpha value is -1.18. The molecule has 0 N–H and O–H groups in total. The Morgan fingerprint density at radius 3 is 2.48 bits per heavy atom. The first-order valence-corrected chi connectivity index (χ1v) is 10.4. The minimum Gasteiger partial charge on any atom is -0.410 e. The second-order valence-corrected chi connectivity index (χ2v) is 12.4. The van der Waals surface area contributed by atoms with E-state index in [0.717, 1.165) is 11.1 Å². The number of nitrogens with zero attached hydrogens (tertiary/aromatic N) is 1. The van der Waals surface area contributed by atoms with E-state index in [0.29, 0.717) is 12.0 Å². The van der Waals surface area contributed by atoms with Crippen molar-refractivity contribution in [2.75, 3.05) is 0 Å². The number of benzene rings is 1. The maximum Gasteiger partial charge on any atom is 0.192 e. The molecule has 0 amide bonds. The molecule has 0 radical (unpaired) electrons. The van der Waals surface area contributed by atoms with Crippen molar-refractivity contribution >= 4 is 8.32 Å². The minimum atomic E-state index is -1.93. The zero-order valence-electron chi connectivity index (χ0n) is 13.7. The van der Waals surface area contributed by atoms with Crippen LogP contribution in [0.1, 0.15) is 50.5 Å². The predicted octanol–water partition coefficient (Wildman–Crippen LogP) is 4.95. The van der Waals surface area contributed by atoms with Gasteiger partial charge >= 0.3 is 0 Å². The van der Waals surface area contributed by atoms with E-state index in [4.69, 9.17) is 9.69 Å². The first kappa shape index (κ1) is 16.2. The highest BCUT2D eigenvalue weighted by Gasteiger charge is 2.43. The summed E-state index contributed by atoms with van der Waals surface area (Å²) in [5.74, 6) is -0.0187. The summed E-state index contributed by atoms with van der Waals surface area (Å²) in [6, 6.07) is 5.18. The quantitative estimate of drug-likeness (QED) is 0.724. The third-order valence-electron chi connectivity index (χ3n) is 4.94. The molecule has 0 saturated heterocycles. The monoisotopic (exact) mass is 305 g/mol. The molecule has 0 saturated carbocycles. The molecule has 1 aliphatic rings. The van der Waals surface area contributed by atoms with Gasteiger partial charge in [0.1, 0.15) is 5.82 Å². The molecule has 0 aromatic heterocycles. The van der Waals surface area contributed by atoms with Gasteiger partial charge in [0.05, 0.1) is 17.7 Å². The van der Waals surface area contributed by atoms with Crippen LogP contribution in [0.15, 0.2) is 12.1 Å². The molecule has 4 heteroatoms. The van der Waals surface area contributed by atoms with Crippen molar-refractivity contribution in [2.24, 2.45) is 5.92 Å². The maximum absolute atomic E-state index is 14.2. The van der Waals surface area contributed by atoms with Crippen molar-refractivity contribution in [3.8, 4) is 6.07 Å². The van der Waals surface area contributed by atoms with Crippen LogP contribution in [0.2, 0.25) is 18.1 Å². The number of hydrogen-bond acceptors (Lipinski definition) is 2. The molecule has 1 aromatic rings. The van der Waals surface area contributed by atoms with Gasteiger partial charge in [0, 0.05) is 0 Å². The Morgan fingerprint density at radius 1 is 1.33 bits per heavy atom. The van der Waals surface area contributed by atoms with Crippen LogP contribution in [0.3, 0.4) is 0 Å². The second kappa shape index (κ2) is 5.22. The Morgan fingerprint density at radius 2 is 1.95 bits per heavy atom. The SMILES string of the molecule is CC1Cc2c(F)cc(C#N)cc2C1O[Si](C)(C)C(C)(C)C. The van der Waals surface area contributed by atoms with Gasteiger partial charge in [0.2, 0.25) is 0 Å². The Balaban J connectivity index is 2.41. The zero-order valence-corrected chi connectivity index (χ0v) is 14.7. The highest BCUT2D eigenvalue weighted by atomic mass is 28.4. The molecule has 0 spiro atoms. The molecule has 0 fully saturated rings. The lowest BCUT2D eigenvalue weighted by molar-refractivity contribution is 0.141. The van der Waals surface area contributed by atoms with Gasteiger partial charge in [-0.2, -0.15) is 5.26 Å². The van der Waals surface area contributed by atoms with E-state index in [1.165, 1.54) is 6.07 Å². The number of rotatable bonds is 2. The van der Waals surface area contributed by atoms with Crippen molar-refractivity contribution in [3.63, 3.8) is 0 Å². The summed E-state index contributed by atoms with van der Waals surface area (Å²) < 4.78 is 20.7. The highest BCUT2D eigenvalue weighted by Crippen LogP contribution is 2.46. The zero-order chi connectivity index (χ0) is 16.0. The van der Waals surface area contributed by atoms with Gasteiger partial charge in [0.25, 0.3) is 0 Å². The number of hydrogen-bond donors (Lipinski definition) is 0. The Labute approximate surface area is 128 Å². The minimum absolute atomic E-state index is 0.0938. The van der Waals surface area contributed by atoms with Gasteiger partial charge in [-0.05, 0) is 53.7 Å². The fourth-order valence-corrected chi connectivity index (χ4v) is 3.95. The van der Waals surface area contributed by atoms with E-state index in [-0.39, 0.29) is 22.9 Å². The number of halogens is 1. The summed E-state index contributed by atoms with van der Waals surface area (Å²) in [5, 5.41) is 9.17. The van der Waals surface area contributed by atoms with E-state index in [2.05, 4.69) is 40.8 Å².